The molecule has 1 amide bonds. The molecule has 30 heavy (non-hydrogen) atoms. The zero-order chi connectivity index (χ0) is 21.7. The van der Waals surface area contributed by atoms with Crippen LogP contribution in [0.15, 0.2) is 53.4 Å². The summed E-state index contributed by atoms with van der Waals surface area (Å²) in [5, 5.41) is 0.265. The molecule has 1 aliphatic heterocycles. The highest BCUT2D eigenvalue weighted by molar-refractivity contribution is 7.89. The topological polar surface area (TPSA) is 78.9 Å². The summed E-state index contributed by atoms with van der Waals surface area (Å²) < 4.78 is 34.1. The molecule has 0 saturated carbocycles. The molecule has 0 spiro atoms. The molecule has 1 saturated heterocycles. The third kappa shape index (κ3) is 5.51. The minimum absolute atomic E-state index is 0.0956. The van der Waals surface area contributed by atoms with E-state index in [1.54, 1.807) is 11.0 Å². The van der Waals surface area contributed by atoms with Crippen LogP contribution < -0.4 is 9.46 Å². The van der Waals surface area contributed by atoms with Crippen molar-refractivity contribution in [3.8, 4) is 5.75 Å². The molecule has 1 fully saturated rings. The van der Waals surface area contributed by atoms with E-state index in [-0.39, 0.29) is 28.0 Å². The number of nitrogens with one attached hydrogen (secondary N) is 1. The molecule has 0 unspecified atom stereocenters. The normalized spacial score (nSPS) is 16.3. The van der Waals surface area contributed by atoms with Crippen LogP contribution in [-0.4, -0.2) is 70.5 Å². The monoisotopic (exact) mass is 451 g/mol. The van der Waals surface area contributed by atoms with Gasteiger partial charge in [0, 0.05) is 31.2 Å². The van der Waals surface area contributed by atoms with E-state index in [1.165, 1.54) is 19.2 Å². The highest BCUT2D eigenvalue weighted by Gasteiger charge is 2.32. The second kappa shape index (κ2) is 9.78. The van der Waals surface area contributed by atoms with Crippen molar-refractivity contribution >= 4 is 27.5 Å². The van der Waals surface area contributed by atoms with Crippen LogP contribution in [0.5, 0.6) is 5.75 Å². The summed E-state index contributed by atoms with van der Waals surface area (Å²) in [4.78, 5) is 17.0. The first-order valence-corrected chi connectivity index (χ1v) is 11.5. The average Bonchev–Trinajstić information content (AvgIpc) is 2.74. The molecule has 0 aliphatic carbocycles. The lowest BCUT2D eigenvalue weighted by molar-refractivity contribution is -0.134. The molecule has 0 radical (unpaired) electrons. The van der Waals surface area contributed by atoms with Crippen molar-refractivity contribution in [2.45, 2.75) is 17.4 Å². The number of benzene rings is 2. The quantitative estimate of drug-likeness (QED) is 0.696. The van der Waals surface area contributed by atoms with Crippen LogP contribution in [0.3, 0.4) is 0 Å². The summed E-state index contributed by atoms with van der Waals surface area (Å²) in [6.45, 7) is 2.61. The number of carbonyl (C=O) groups is 1. The van der Waals surface area contributed by atoms with Gasteiger partial charge >= 0.3 is 0 Å². The van der Waals surface area contributed by atoms with Gasteiger partial charge in [-0.15, -0.1) is 0 Å². The second-order valence-corrected chi connectivity index (χ2v) is 9.41. The fourth-order valence-electron chi connectivity index (χ4n) is 3.39. The minimum Gasteiger partial charge on any atom is -0.495 e. The van der Waals surface area contributed by atoms with Gasteiger partial charge < -0.3 is 14.5 Å². The van der Waals surface area contributed by atoms with Crippen molar-refractivity contribution < 1.29 is 17.9 Å². The molecular weight excluding hydrogens is 426 g/mol. The van der Waals surface area contributed by atoms with Gasteiger partial charge in [-0.1, -0.05) is 41.9 Å². The Morgan fingerprint density at radius 1 is 1.13 bits per heavy atom. The van der Waals surface area contributed by atoms with Gasteiger partial charge in [-0.2, -0.15) is 4.72 Å². The van der Waals surface area contributed by atoms with Gasteiger partial charge in [0.1, 0.15) is 16.7 Å². The van der Waals surface area contributed by atoms with E-state index in [0.717, 1.165) is 18.7 Å². The van der Waals surface area contributed by atoms with E-state index in [1.807, 2.05) is 37.4 Å². The van der Waals surface area contributed by atoms with E-state index in [9.17, 15) is 13.2 Å². The Morgan fingerprint density at radius 2 is 1.80 bits per heavy atom. The van der Waals surface area contributed by atoms with Crippen molar-refractivity contribution in [1.29, 1.82) is 0 Å². The first-order chi connectivity index (χ1) is 14.3. The first kappa shape index (κ1) is 22.6. The van der Waals surface area contributed by atoms with E-state index in [4.69, 9.17) is 16.3 Å². The Bertz CT molecular complexity index is 977. The van der Waals surface area contributed by atoms with Crippen LogP contribution in [0, 0.1) is 0 Å². The Morgan fingerprint density at radius 3 is 2.43 bits per heavy atom. The Kier molecular flexibility index (Phi) is 7.36. The zero-order valence-corrected chi connectivity index (χ0v) is 18.6. The second-order valence-electron chi connectivity index (χ2n) is 7.29. The number of hydrogen-bond acceptors (Lipinski definition) is 5. The fourth-order valence-corrected chi connectivity index (χ4v) is 5.01. The molecule has 7 nitrogen and oxygen atoms in total. The van der Waals surface area contributed by atoms with Crippen molar-refractivity contribution in [3.63, 3.8) is 0 Å². The molecule has 2 aromatic carbocycles. The van der Waals surface area contributed by atoms with Crippen molar-refractivity contribution in [2.24, 2.45) is 0 Å². The fraction of sp³-hybridized carbons (Fsp3) is 0.381. The molecule has 1 atom stereocenters. The third-order valence-electron chi connectivity index (χ3n) is 5.11. The number of methoxy groups -OCH3 is 1. The zero-order valence-electron chi connectivity index (χ0n) is 17.0. The van der Waals surface area contributed by atoms with Gasteiger partial charge in [-0.3, -0.25) is 4.79 Å². The summed E-state index contributed by atoms with van der Waals surface area (Å²) in [6, 6.07) is 12.8. The number of carbonyl (C=O) groups excluding carboxylic acids is 1. The third-order valence-corrected chi connectivity index (χ3v) is 6.84. The summed E-state index contributed by atoms with van der Waals surface area (Å²) in [7, 11) is -0.671. The van der Waals surface area contributed by atoms with Gasteiger partial charge in [-0.25, -0.2) is 8.42 Å². The lowest BCUT2D eigenvalue weighted by Crippen LogP contribution is -2.54. The summed E-state index contributed by atoms with van der Waals surface area (Å²) in [5.41, 5.74) is 0.866. The van der Waals surface area contributed by atoms with Crippen LogP contribution in [0.25, 0.3) is 0 Å². The Balaban J connectivity index is 1.90. The highest BCUT2D eigenvalue weighted by Crippen LogP contribution is 2.27. The smallest absolute Gasteiger partial charge is 0.245 e. The number of sulfonamides is 1. The molecule has 1 N–H and O–H groups in total. The van der Waals surface area contributed by atoms with Gasteiger partial charge in [0.2, 0.25) is 15.9 Å². The highest BCUT2D eigenvalue weighted by atomic mass is 35.5. The van der Waals surface area contributed by atoms with Crippen LogP contribution >= 0.6 is 11.6 Å². The number of hydrogen-bond donors (Lipinski definition) is 1. The van der Waals surface area contributed by atoms with E-state index in [0.29, 0.717) is 13.1 Å². The number of amides is 1. The summed E-state index contributed by atoms with van der Waals surface area (Å²) >= 11 is 6.02. The van der Waals surface area contributed by atoms with Crippen molar-refractivity contribution in [3.05, 3.63) is 59.1 Å². The maximum absolute atomic E-state index is 13.3. The number of ether oxygens (including phenoxy) is 1. The van der Waals surface area contributed by atoms with Crippen molar-refractivity contribution in [2.75, 3.05) is 40.3 Å². The number of halogens is 1. The number of nitrogens with zero attached hydrogens (tertiary/aromatic N) is 2. The van der Waals surface area contributed by atoms with Crippen LogP contribution in [0.1, 0.15) is 5.56 Å². The lowest BCUT2D eigenvalue weighted by Gasteiger charge is -2.34. The predicted octanol–water partition coefficient (Wildman–Crippen LogP) is 2.01. The largest absolute Gasteiger partial charge is 0.495 e. The average molecular weight is 452 g/mol. The SMILES string of the molecule is COc1ccc(Cl)cc1S(=O)(=O)N[C@H](Cc1ccccc1)C(=O)N1CCN(C)CC1. The van der Waals surface area contributed by atoms with Gasteiger partial charge in [0.15, 0.2) is 0 Å². The molecule has 2 aromatic rings. The van der Waals surface area contributed by atoms with Crippen LogP contribution in [-0.2, 0) is 21.2 Å². The van der Waals surface area contributed by atoms with E-state index >= 15 is 0 Å². The van der Waals surface area contributed by atoms with Crippen LogP contribution in [0.2, 0.25) is 5.02 Å². The molecule has 3 rings (SSSR count). The molecular formula is C21H26ClN3O4S. The first-order valence-electron chi connectivity index (χ1n) is 9.67. The molecule has 0 bridgehead atoms. The standard InChI is InChI=1S/C21H26ClN3O4S/c1-24-10-12-25(13-11-24)21(26)18(14-16-6-4-3-5-7-16)23-30(27,28)20-15-17(22)8-9-19(20)29-2/h3-9,15,18,23H,10-14H2,1-2H3/t18-/m1/s1. The van der Waals surface area contributed by atoms with Gasteiger partial charge in [-0.05, 0) is 37.2 Å². The summed E-state index contributed by atoms with van der Waals surface area (Å²) in [6.07, 6.45) is 0.244. The molecule has 9 heteroatoms. The Labute approximate surface area is 182 Å². The van der Waals surface area contributed by atoms with Crippen LogP contribution in [0.4, 0.5) is 0 Å². The van der Waals surface area contributed by atoms with E-state index in [2.05, 4.69) is 9.62 Å². The maximum Gasteiger partial charge on any atom is 0.245 e. The number of piperazine rings is 1. The lowest BCUT2D eigenvalue weighted by atomic mass is 10.1. The molecule has 162 valence electrons. The molecule has 1 heterocycles. The number of rotatable bonds is 7. The molecule has 0 aromatic heterocycles. The Hall–Kier alpha value is -2.13. The molecule has 1 aliphatic rings. The maximum atomic E-state index is 13.3. The van der Waals surface area contributed by atoms with Gasteiger partial charge in [0.25, 0.3) is 0 Å². The van der Waals surface area contributed by atoms with Crippen molar-refractivity contribution in [1.82, 2.24) is 14.5 Å². The number of likely N-dealkylation sites (N-methyl/N-ethyl adjacent to an activating group) is 1. The van der Waals surface area contributed by atoms with E-state index < -0.39 is 16.1 Å². The van der Waals surface area contributed by atoms with Gasteiger partial charge in [0.05, 0.1) is 7.11 Å². The minimum atomic E-state index is -4.06. The summed E-state index contributed by atoms with van der Waals surface area (Å²) in [5.74, 6) is -0.0751. The predicted molar refractivity (Wildman–Crippen MR) is 116 cm³/mol.